The molecule has 0 saturated carbocycles. The topological polar surface area (TPSA) is 77.7 Å². The van der Waals surface area contributed by atoms with Gasteiger partial charge in [-0.15, -0.1) is 0 Å². The summed E-state index contributed by atoms with van der Waals surface area (Å²) in [6.07, 6.45) is 0. The number of nitrogens with zero attached hydrogens (tertiary/aromatic N) is 2. The molecule has 5 aromatic rings. The molecule has 11 heteroatoms. The number of aromatic nitrogens is 1. The Kier molecular flexibility index (Phi) is 7.66. The van der Waals surface area contributed by atoms with E-state index in [2.05, 4.69) is 5.16 Å². The highest BCUT2D eigenvalue weighted by molar-refractivity contribution is 6.51. The SMILES string of the molecule is CCn1c2ccc(C(=O)/C(=N/OC(C)=O)c3ccccc3C)cc2c2cc(C(=O)c3c(F)c(F)c(F)c(F)c3F)ccc21. The second-order valence-electron chi connectivity index (χ2n) is 9.65. The third-order valence-corrected chi connectivity index (χ3v) is 7.02. The van der Waals surface area contributed by atoms with E-state index < -0.39 is 52.2 Å². The molecule has 0 aliphatic rings. The number of rotatable bonds is 7. The van der Waals surface area contributed by atoms with E-state index in [0.29, 0.717) is 39.5 Å². The smallest absolute Gasteiger partial charge is 0.332 e. The molecule has 0 saturated heterocycles. The van der Waals surface area contributed by atoms with Gasteiger partial charge in [0.2, 0.25) is 11.6 Å². The molecule has 0 N–H and O–H groups in total. The number of ketones is 2. The van der Waals surface area contributed by atoms with E-state index in [1.54, 1.807) is 43.3 Å². The van der Waals surface area contributed by atoms with Crippen LogP contribution in [0.2, 0.25) is 0 Å². The molecule has 1 aromatic heterocycles. The maximum atomic E-state index is 14.4. The second kappa shape index (κ2) is 11.2. The van der Waals surface area contributed by atoms with Crippen molar-refractivity contribution >= 4 is 45.1 Å². The van der Waals surface area contributed by atoms with Gasteiger partial charge in [-0.1, -0.05) is 29.4 Å². The maximum Gasteiger partial charge on any atom is 0.332 e. The van der Waals surface area contributed by atoms with Crippen molar-refractivity contribution < 1.29 is 41.2 Å². The average molecular weight is 593 g/mol. The summed E-state index contributed by atoms with van der Waals surface area (Å²) in [5.74, 6) is -14.0. The largest absolute Gasteiger partial charge is 0.341 e. The summed E-state index contributed by atoms with van der Waals surface area (Å²) < 4.78 is 72.0. The van der Waals surface area contributed by atoms with Crippen molar-refractivity contribution in [3.8, 4) is 0 Å². The lowest BCUT2D eigenvalue weighted by atomic mass is 9.96. The summed E-state index contributed by atoms with van der Waals surface area (Å²) in [5.41, 5.74) is 0.465. The van der Waals surface area contributed by atoms with Gasteiger partial charge in [0.05, 0.1) is 0 Å². The molecule has 0 fully saturated rings. The molecule has 0 unspecified atom stereocenters. The molecule has 5 rings (SSSR count). The van der Waals surface area contributed by atoms with Gasteiger partial charge in [-0.2, -0.15) is 0 Å². The van der Waals surface area contributed by atoms with Crippen molar-refractivity contribution in [3.63, 3.8) is 0 Å². The van der Waals surface area contributed by atoms with E-state index in [1.807, 2.05) is 11.5 Å². The van der Waals surface area contributed by atoms with Gasteiger partial charge < -0.3 is 9.40 Å². The van der Waals surface area contributed by atoms with Crippen molar-refractivity contribution in [2.45, 2.75) is 27.3 Å². The molecule has 0 aliphatic carbocycles. The lowest BCUT2D eigenvalue weighted by Crippen LogP contribution is -2.18. The molecular formula is C32H21F5N2O4. The van der Waals surface area contributed by atoms with Gasteiger partial charge in [-0.25, -0.2) is 26.7 Å². The molecule has 0 bridgehead atoms. The normalized spacial score (nSPS) is 11.8. The van der Waals surface area contributed by atoms with Crippen LogP contribution in [0.1, 0.15) is 51.3 Å². The first-order valence-electron chi connectivity index (χ1n) is 12.9. The highest BCUT2D eigenvalue weighted by Gasteiger charge is 2.30. The van der Waals surface area contributed by atoms with Crippen molar-refractivity contribution in [1.82, 2.24) is 4.57 Å². The van der Waals surface area contributed by atoms with Gasteiger partial charge in [-0.3, -0.25) is 9.59 Å². The van der Waals surface area contributed by atoms with Crippen LogP contribution in [0.25, 0.3) is 21.8 Å². The fraction of sp³-hybridized carbons (Fsp3) is 0.125. The number of hydrogen-bond acceptors (Lipinski definition) is 5. The van der Waals surface area contributed by atoms with Crippen LogP contribution in [-0.2, 0) is 16.2 Å². The van der Waals surface area contributed by atoms with Crippen molar-refractivity contribution in [2.75, 3.05) is 0 Å². The molecular weight excluding hydrogens is 571 g/mol. The Labute approximate surface area is 241 Å². The highest BCUT2D eigenvalue weighted by Crippen LogP contribution is 2.33. The number of carbonyl (C=O) groups excluding carboxylic acids is 3. The Morgan fingerprint density at radius 3 is 1.86 bits per heavy atom. The standard InChI is InChI=1S/C32H21F5N2O4/c1-4-39-22-11-9-17(31(41)24-25(33)27(35)29(37)28(36)26(24)34)13-20(22)21-14-18(10-12-23(21)39)32(42)30(38-43-16(3)40)19-8-6-5-7-15(19)2/h5-14H,4H2,1-3H3/b38-30+. The van der Waals surface area contributed by atoms with Gasteiger partial charge in [0.1, 0.15) is 5.56 Å². The molecule has 0 spiro atoms. The Morgan fingerprint density at radius 2 is 1.30 bits per heavy atom. The van der Waals surface area contributed by atoms with Gasteiger partial charge in [0.25, 0.3) is 0 Å². The van der Waals surface area contributed by atoms with Crippen LogP contribution in [0.5, 0.6) is 0 Å². The first-order valence-corrected chi connectivity index (χ1v) is 12.9. The number of Topliss-reactive ketones (excluding diaryl/α,β-unsaturated/α-hetero) is 1. The van der Waals surface area contributed by atoms with Crippen LogP contribution < -0.4 is 0 Å². The highest BCUT2D eigenvalue weighted by atomic mass is 19.2. The summed E-state index contributed by atoms with van der Waals surface area (Å²) in [7, 11) is 0. The molecule has 1 heterocycles. The van der Waals surface area contributed by atoms with Crippen LogP contribution in [-0.4, -0.2) is 27.8 Å². The number of hydrogen-bond donors (Lipinski definition) is 0. The molecule has 6 nitrogen and oxygen atoms in total. The summed E-state index contributed by atoms with van der Waals surface area (Å²) in [5, 5.41) is 4.66. The van der Waals surface area contributed by atoms with Crippen LogP contribution in [0.3, 0.4) is 0 Å². The van der Waals surface area contributed by atoms with Gasteiger partial charge in [0, 0.05) is 52.0 Å². The summed E-state index contributed by atoms with van der Waals surface area (Å²) in [6, 6.07) is 15.6. The van der Waals surface area contributed by atoms with Crippen LogP contribution >= 0.6 is 0 Å². The monoisotopic (exact) mass is 592 g/mol. The molecule has 0 atom stereocenters. The molecule has 0 amide bonds. The Bertz CT molecular complexity index is 2000. The fourth-order valence-corrected chi connectivity index (χ4v) is 4.97. The third-order valence-electron chi connectivity index (χ3n) is 7.02. The number of benzene rings is 4. The van der Waals surface area contributed by atoms with Gasteiger partial charge in [0.15, 0.2) is 34.8 Å². The van der Waals surface area contributed by atoms with E-state index in [9.17, 15) is 36.3 Å². The van der Waals surface area contributed by atoms with E-state index in [4.69, 9.17) is 4.84 Å². The Morgan fingerprint density at radius 1 is 0.767 bits per heavy atom. The minimum absolute atomic E-state index is 0.130. The lowest BCUT2D eigenvalue weighted by molar-refractivity contribution is -0.140. The number of aryl methyl sites for hydroxylation is 2. The molecule has 43 heavy (non-hydrogen) atoms. The number of halogens is 5. The molecule has 0 aliphatic heterocycles. The zero-order valence-electron chi connectivity index (χ0n) is 22.9. The van der Waals surface area contributed by atoms with E-state index in [0.717, 1.165) is 6.92 Å². The minimum atomic E-state index is -2.37. The molecule has 218 valence electrons. The minimum Gasteiger partial charge on any atom is -0.341 e. The van der Waals surface area contributed by atoms with E-state index in [1.165, 1.54) is 24.3 Å². The Balaban J connectivity index is 1.68. The van der Waals surface area contributed by atoms with E-state index >= 15 is 0 Å². The predicted molar refractivity (Wildman–Crippen MR) is 149 cm³/mol. The van der Waals surface area contributed by atoms with Crippen LogP contribution in [0, 0.1) is 36.0 Å². The number of oxime groups is 1. The van der Waals surface area contributed by atoms with E-state index in [-0.39, 0.29) is 16.8 Å². The first kappa shape index (κ1) is 29.3. The number of fused-ring (bicyclic) bond motifs is 3. The third kappa shape index (κ3) is 4.96. The van der Waals surface area contributed by atoms with Crippen LogP contribution in [0.4, 0.5) is 22.0 Å². The van der Waals surface area contributed by atoms with Gasteiger partial charge >= 0.3 is 5.97 Å². The predicted octanol–water partition coefficient (Wildman–Crippen LogP) is 7.20. The summed E-state index contributed by atoms with van der Waals surface area (Å²) >= 11 is 0. The fourth-order valence-electron chi connectivity index (χ4n) is 4.97. The van der Waals surface area contributed by atoms with Crippen molar-refractivity contribution in [3.05, 3.63) is 118 Å². The quantitative estimate of drug-likeness (QED) is 0.0381. The first-order chi connectivity index (χ1) is 20.5. The maximum absolute atomic E-state index is 14.4. The van der Waals surface area contributed by atoms with Gasteiger partial charge in [-0.05, 0) is 55.8 Å². The van der Waals surface area contributed by atoms with Crippen molar-refractivity contribution in [2.24, 2.45) is 5.16 Å². The summed E-state index contributed by atoms with van der Waals surface area (Å²) in [4.78, 5) is 43.1. The zero-order valence-corrected chi connectivity index (χ0v) is 22.9. The Hall–Kier alpha value is -5.19. The average Bonchev–Trinajstić information content (AvgIpc) is 3.31. The van der Waals surface area contributed by atoms with Crippen LogP contribution in [0.15, 0.2) is 65.8 Å². The molecule has 0 radical (unpaired) electrons. The summed E-state index contributed by atoms with van der Waals surface area (Å²) in [6.45, 7) is 5.21. The lowest BCUT2D eigenvalue weighted by Gasteiger charge is -2.09. The molecule has 4 aromatic carbocycles. The second-order valence-corrected chi connectivity index (χ2v) is 9.65. The number of carbonyl (C=O) groups is 3. The zero-order chi connectivity index (χ0) is 31.2. The van der Waals surface area contributed by atoms with Crippen molar-refractivity contribution in [1.29, 1.82) is 0 Å².